The summed E-state index contributed by atoms with van der Waals surface area (Å²) in [6.07, 6.45) is 0. The number of benzene rings is 10. The summed E-state index contributed by atoms with van der Waals surface area (Å²) >= 11 is 0. The minimum Gasteiger partial charge on any atom is -0.456 e. The molecular formula is C59H41NO. The van der Waals surface area contributed by atoms with E-state index in [1.807, 2.05) is 12.1 Å². The zero-order chi connectivity index (χ0) is 40.7. The van der Waals surface area contributed by atoms with Crippen molar-refractivity contribution in [3.05, 3.63) is 236 Å². The molecule has 61 heavy (non-hydrogen) atoms. The number of hydrogen-bond acceptors (Lipinski definition) is 2. The van der Waals surface area contributed by atoms with Crippen LogP contribution < -0.4 is 4.90 Å². The Bertz CT molecular complexity index is 3360. The molecule has 0 radical (unpaired) electrons. The number of fused-ring (bicyclic) bond motifs is 4. The average molecular weight is 780 g/mol. The second-order valence-electron chi connectivity index (χ2n) is 15.7. The third kappa shape index (κ3) is 6.65. The van der Waals surface area contributed by atoms with Gasteiger partial charge in [0.25, 0.3) is 0 Å². The maximum absolute atomic E-state index is 6.48. The summed E-state index contributed by atoms with van der Waals surface area (Å²) in [7, 11) is 0. The van der Waals surface area contributed by atoms with E-state index in [0.717, 1.165) is 50.5 Å². The van der Waals surface area contributed by atoms with Crippen LogP contribution in [0.1, 0.15) is 5.56 Å². The summed E-state index contributed by atoms with van der Waals surface area (Å²) in [6, 6.07) is 82.9. The van der Waals surface area contributed by atoms with Crippen LogP contribution in [-0.2, 0) is 0 Å². The van der Waals surface area contributed by atoms with Gasteiger partial charge in [0.2, 0.25) is 0 Å². The summed E-state index contributed by atoms with van der Waals surface area (Å²) in [5.41, 5.74) is 15.8. The summed E-state index contributed by atoms with van der Waals surface area (Å²) in [5.74, 6) is 0.894. The van der Waals surface area contributed by atoms with Crippen LogP contribution in [0.25, 0.3) is 88.3 Å². The van der Waals surface area contributed by atoms with E-state index in [2.05, 4.69) is 230 Å². The molecule has 0 spiro atoms. The van der Waals surface area contributed by atoms with Crippen LogP contribution in [0, 0.1) is 6.92 Å². The first-order valence-electron chi connectivity index (χ1n) is 20.9. The molecule has 0 aliphatic heterocycles. The van der Waals surface area contributed by atoms with E-state index in [1.165, 1.54) is 60.5 Å². The monoisotopic (exact) mass is 779 g/mol. The van der Waals surface area contributed by atoms with Crippen molar-refractivity contribution < 1.29 is 4.42 Å². The van der Waals surface area contributed by atoms with Crippen molar-refractivity contribution in [3.8, 4) is 55.8 Å². The molecule has 1 heterocycles. The van der Waals surface area contributed by atoms with Crippen LogP contribution in [0.15, 0.2) is 235 Å². The van der Waals surface area contributed by atoms with E-state index in [9.17, 15) is 0 Å². The molecule has 288 valence electrons. The topological polar surface area (TPSA) is 16.4 Å². The van der Waals surface area contributed by atoms with Gasteiger partial charge in [-0.05, 0) is 122 Å². The lowest BCUT2D eigenvalue weighted by Crippen LogP contribution is -2.10. The molecule has 10 aromatic carbocycles. The summed E-state index contributed by atoms with van der Waals surface area (Å²) in [5, 5.41) is 6.20. The Morgan fingerprint density at radius 2 is 0.836 bits per heavy atom. The van der Waals surface area contributed by atoms with Gasteiger partial charge >= 0.3 is 0 Å². The molecule has 0 aliphatic rings. The lowest BCUT2D eigenvalue weighted by molar-refractivity contribution is 0.629. The van der Waals surface area contributed by atoms with Crippen molar-refractivity contribution in [2.45, 2.75) is 6.92 Å². The maximum atomic E-state index is 6.48. The lowest BCUT2D eigenvalue weighted by atomic mass is 9.89. The van der Waals surface area contributed by atoms with E-state index in [4.69, 9.17) is 4.42 Å². The van der Waals surface area contributed by atoms with Gasteiger partial charge in [-0.1, -0.05) is 182 Å². The second-order valence-corrected chi connectivity index (χ2v) is 15.7. The number of para-hydroxylation sites is 1. The SMILES string of the molecule is Cc1c(-c2cccc(N(c3ccc(-c4ccc5c(ccc6ccccc65)c4)cc3)c3ccc(-c4ccccc4-c4ccccc4-c4ccccc4)cc3)c2)oc2ccccc12. The van der Waals surface area contributed by atoms with E-state index in [0.29, 0.717) is 0 Å². The molecular weight excluding hydrogens is 739 g/mol. The highest BCUT2D eigenvalue weighted by molar-refractivity contribution is 6.08. The minimum atomic E-state index is 0.894. The molecule has 0 amide bonds. The van der Waals surface area contributed by atoms with Gasteiger partial charge in [0, 0.05) is 33.6 Å². The number of anilines is 3. The quantitative estimate of drug-likeness (QED) is 0.143. The van der Waals surface area contributed by atoms with Crippen LogP contribution in [0.4, 0.5) is 17.1 Å². The second kappa shape index (κ2) is 15.3. The molecule has 11 rings (SSSR count). The van der Waals surface area contributed by atoms with Crippen LogP contribution in [0.2, 0.25) is 0 Å². The van der Waals surface area contributed by atoms with Crippen LogP contribution >= 0.6 is 0 Å². The molecule has 11 aromatic rings. The van der Waals surface area contributed by atoms with E-state index < -0.39 is 0 Å². The first-order valence-corrected chi connectivity index (χ1v) is 20.9. The molecule has 0 bridgehead atoms. The summed E-state index contributed by atoms with van der Waals surface area (Å²) in [4.78, 5) is 2.35. The van der Waals surface area contributed by atoms with Gasteiger partial charge < -0.3 is 9.32 Å². The minimum absolute atomic E-state index is 0.894. The smallest absolute Gasteiger partial charge is 0.138 e. The number of aryl methyl sites for hydroxylation is 1. The molecule has 0 saturated heterocycles. The van der Waals surface area contributed by atoms with Gasteiger partial charge in [-0.2, -0.15) is 0 Å². The molecule has 0 fully saturated rings. The van der Waals surface area contributed by atoms with Crippen molar-refractivity contribution in [3.63, 3.8) is 0 Å². The lowest BCUT2D eigenvalue weighted by Gasteiger charge is -2.26. The summed E-state index contributed by atoms with van der Waals surface area (Å²) < 4.78 is 6.48. The van der Waals surface area contributed by atoms with Crippen molar-refractivity contribution in [2.24, 2.45) is 0 Å². The Morgan fingerprint density at radius 1 is 0.311 bits per heavy atom. The molecule has 0 aliphatic carbocycles. The van der Waals surface area contributed by atoms with Gasteiger partial charge in [0.1, 0.15) is 11.3 Å². The Labute approximate surface area is 356 Å². The van der Waals surface area contributed by atoms with Gasteiger partial charge in [-0.15, -0.1) is 0 Å². The Hall–Kier alpha value is -7.94. The fourth-order valence-electron chi connectivity index (χ4n) is 9.03. The van der Waals surface area contributed by atoms with E-state index in [-0.39, 0.29) is 0 Å². The molecule has 0 unspecified atom stereocenters. The highest BCUT2D eigenvalue weighted by atomic mass is 16.3. The Morgan fingerprint density at radius 3 is 1.54 bits per heavy atom. The normalized spacial score (nSPS) is 11.4. The fourth-order valence-corrected chi connectivity index (χ4v) is 9.03. The zero-order valence-corrected chi connectivity index (χ0v) is 33.8. The number of furan rings is 1. The van der Waals surface area contributed by atoms with Crippen LogP contribution in [-0.4, -0.2) is 0 Å². The Kier molecular flexibility index (Phi) is 9.09. The first-order chi connectivity index (χ1) is 30.2. The molecule has 0 N–H and O–H groups in total. The van der Waals surface area contributed by atoms with Crippen molar-refractivity contribution in [2.75, 3.05) is 4.90 Å². The molecule has 2 nitrogen and oxygen atoms in total. The molecule has 2 heteroatoms. The number of hydrogen-bond donors (Lipinski definition) is 0. The van der Waals surface area contributed by atoms with E-state index >= 15 is 0 Å². The van der Waals surface area contributed by atoms with Gasteiger partial charge in [-0.25, -0.2) is 0 Å². The van der Waals surface area contributed by atoms with E-state index in [1.54, 1.807) is 0 Å². The molecule has 0 atom stereocenters. The van der Waals surface area contributed by atoms with Crippen molar-refractivity contribution >= 4 is 49.6 Å². The predicted octanol–water partition coefficient (Wildman–Crippen LogP) is 16.9. The summed E-state index contributed by atoms with van der Waals surface area (Å²) in [6.45, 7) is 2.15. The maximum Gasteiger partial charge on any atom is 0.138 e. The van der Waals surface area contributed by atoms with Gasteiger partial charge in [-0.3, -0.25) is 0 Å². The number of nitrogens with zero attached hydrogens (tertiary/aromatic N) is 1. The largest absolute Gasteiger partial charge is 0.456 e. The molecule has 0 saturated carbocycles. The standard InChI is InChI=1S/C59H41NO/c1-40-51-19-11-12-25-58(51)61-59(40)47-17-13-18-50(39-47)60(48-33-28-41(29-34-48)45-32-37-55-46(38-45)27-26-43-16-5-6-20-52(43)55)49-35-30-44(31-36-49)54-22-8-10-24-57(54)56-23-9-7-21-53(56)42-14-3-2-4-15-42/h2-39H,1H3. The fraction of sp³-hybridized carbons (Fsp3) is 0.0169. The third-order valence-electron chi connectivity index (χ3n) is 12.1. The van der Waals surface area contributed by atoms with Gasteiger partial charge in [0.05, 0.1) is 0 Å². The zero-order valence-electron chi connectivity index (χ0n) is 33.8. The Balaban J connectivity index is 0.995. The van der Waals surface area contributed by atoms with Gasteiger partial charge in [0.15, 0.2) is 0 Å². The highest BCUT2D eigenvalue weighted by Gasteiger charge is 2.18. The first kappa shape index (κ1) is 36.2. The van der Waals surface area contributed by atoms with Crippen molar-refractivity contribution in [1.82, 2.24) is 0 Å². The number of rotatable bonds is 8. The van der Waals surface area contributed by atoms with Crippen molar-refractivity contribution in [1.29, 1.82) is 0 Å². The highest BCUT2D eigenvalue weighted by Crippen LogP contribution is 2.42. The van der Waals surface area contributed by atoms with Crippen LogP contribution in [0.3, 0.4) is 0 Å². The molecule has 1 aromatic heterocycles. The van der Waals surface area contributed by atoms with Crippen LogP contribution in [0.5, 0.6) is 0 Å². The average Bonchev–Trinajstić information content (AvgIpc) is 3.68. The third-order valence-corrected chi connectivity index (χ3v) is 12.1. The predicted molar refractivity (Wildman–Crippen MR) is 258 cm³/mol.